The molecule has 18 heavy (non-hydrogen) atoms. The molecule has 4 heteroatoms. The number of nitrogens with zero attached hydrogens (tertiary/aromatic N) is 1. The van der Waals surface area contributed by atoms with Gasteiger partial charge in [-0.2, -0.15) is 0 Å². The highest BCUT2D eigenvalue weighted by atomic mass is 16.2. The van der Waals surface area contributed by atoms with E-state index in [1.807, 2.05) is 11.9 Å². The predicted octanol–water partition coefficient (Wildman–Crippen LogP) is 1.51. The second kappa shape index (κ2) is 8.48. The molecular formula is C14H28N2O2. The van der Waals surface area contributed by atoms with E-state index in [4.69, 9.17) is 10.8 Å². The summed E-state index contributed by atoms with van der Waals surface area (Å²) >= 11 is 0. The van der Waals surface area contributed by atoms with E-state index in [2.05, 4.69) is 0 Å². The zero-order valence-electron chi connectivity index (χ0n) is 11.6. The summed E-state index contributed by atoms with van der Waals surface area (Å²) in [4.78, 5) is 13.9. The van der Waals surface area contributed by atoms with Crippen molar-refractivity contribution in [1.29, 1.82) is 0 Å². The average molecular weight is 256 g/mol. The molecule has 0 aromatic rings. The van der Waals surface area contributed by atoms with Crippen LogP contribution in [0, 0.1) is 5.92 Å². The van der Waals surface area contributed by atoms with Gasteiger partial charge in [-0.15, -0.1) is 0 Å². The number of rotatable bonds is 7. The highest BCUT2D eigenvalue weighted by Crippen LogP contribution is 2.26. The van der Waals surface area contributed by atoms with E-state index in [0.29, 0.717) is 12.3 Å². The molecule has 0 aliphatic heterocycles. The number of hydrogen-bond acceptors (Lipinski definition) is 3. The Morgan fingerprint density at radius 3 is 2.67 bits per heavy atom. The fraction of sp³-hybridized carbons (Fsp3) is 0.929. The van der Waals surface area contributed by atoms with E-state index in [9.17, 15) is 4.79 Å². The first-order valence-electron chi connectivity index (χ1n) is 7.25. The number of aliphatic hydroxyl groups is 1. The minimum absolute atomic E-state index is 0.213. The predicted molar refractivity (Wildman–Crippen MR) is 73.1 cm³/mol. The molecule has 1 fully saturated rings. The molecule has 0 heterocycles. The van der Waals surface area contributed by atoms with Crippen LogP contribution in [0.4, 0.5) is 0 Å². The van der Waals surface area contributed by atoms with Crippen LogP contribution in [-0.2, 0) is 4.79 Å². The lowest BCUT2D eigenvalue weighted by Crippen LogP contribution is -2.38. The smallest absolute Gasteiger partial charge is 0.222 e. The lowest BCUT2D eigenvalue weighted by atomic mass is 9.83. The molecule has 106 valence electrons. The Morgan fingerprint density at radius 1 is 1.28 bits per heavy atom. The fourth-order valence-corrected chi connectivity index (χ4v) is 2.63. The van der Waals surface area contributed by atoms with Crippen molar-refractivity contribution in [3.05, 3.63) is 0 Å². The van der Waals surface area contributed by atoms with E-state index >= 15 is 0 Å². The van der Waals surface area contributed by atoms with Gasteiger partial charge in [0.1, 0.15) is 0 Å². The van der Waals surface area contributed by atoms with E-state index in [1.54, 1.807) is 0 Å². The number of unbranched alkanes of at least 4 members (excludes halogenated alkanes) is 2. The van der Waals surface area contributed by atoms with Crippen LogP contribution in [0.1, 0.15) is 51.4 Å². The summed E-state index contributed by atoms with van der Waals surface area (Å²) in [5, 5.41) is 8.69. The van der Waals surface area contributed by atoms with Gasteiger partial charge in [-0.3, -0.25) is 4.79 Å². The number of carbonyl (C=O) groups excluding carboxylic acids is 1. The Bertz CT molecular complexity index is 246. The molecule has 2 atom stereocenters. The van der Waals surface area contributed by atoms with Crippen molar-refractivity contribution in [2.24, 2.45) is 11.7 Å². The Kier molecular flexibility index (Phi) is 7.28. The minimum atomic E-state index is 0.213. The van der Waals surface area contributed by atoms with Crippen LogP contribution in [0.15, 0.2) is 0 Å². The number of nitrogens with two attached hydrogens (primary N) is 1. The molecule has 0 aromatic carbocycles. The van der Waals surface area contributed by atoms with Crippen molar-refractivity contribution in [3.8, 4) is 0 Å². The van der Waals surface area contributed by atoms with Gasteiger partial charge in [0.15, 0.2) is 0 Å². The summed E-state index contributed by atoms with van der Waals surface area (Å²) in [6.07, 6.45) is 7.99. The first kappa shape index (κ1) is 15.4. The first-order valence-corrected chi connectivity index (χ1v) is 7.25. The highest BCUT2D eigenvalue weighted by Gasteiger charge is 2.25. The van der Waals surface area contributed by atoms with Crippen molar-refractivity contribution in [2.75, 3.05) is 20.2 Å². The Balaban J connectivity index is 2.21. The van der Waals surface area contributed by atoms with Gasteiger partial charge in [0, 0.05) is 32.7 Å². The van der Waals surface area contributed by atoms with Gasteiger partial charge in [0.05, 0.1) is 0 Å². The molecule has 1 aliphatic carbocycles. The summed E-state index contributed by atoms with van der Waals surface area (Å²) in [7, 11) is 1.87. The molecule has 4 nitrogen and oxygen atoms in total. The van der Waals surface area contributed by atoms with Crippen LogP contribution in [-0.4, -0.2) is 42.2 Å². The Hall–Kier alpha value is -0.610. The second-order valence-electron chi connectivity index (χ2n) is 5.51. The molecule has 0 aromatic heterocycles. The van der Waals surface area contributed by atoms with Crippen LogP contribution in [0.3, 0.4) is 0 Å². The number of hydrogen-bond donors (Lipinski definition) is 2. The van der Waals surface area contributed by atoms with E-state index in [1.165, 1.54) is 12.8 Å². The molecule has 1 rings (SSSR count). The van der Waals surface area contributed by atoms with Crippen molar-refractivity contribution >= 4 is 5.91 Å². The molecule has 2 unspecified atom stereocenters. The van der Waals surface area contributed by atoms with Crippen LogP contribution in [0.25, 0.3) is 0 Å². The zero-order valence-corrected chi connectivity index (χ0v) is 11.6. The maximum atomic E-state index is 12.0. The van der Waals surface area contributed by atoms with Crippen LogP contribution in [0.5, 0.6) is 0 Å². The maximum Gasteiger partial charge on any atom is 0.222 e. The maximum absolute atomic E-state index is 12.0. The second-order valence-corrected chi connectivity index (χ2v) is 5.51. The molecule has 1 amide bonds. The van der Waals surface area contributed by atoms with E-state index in [-0.39, 0.29) is 18.6 Å². The van der Waals surface area contributed by atoms with Gasteiger partial charge in [-0.1, -0.05) is 12.8 Å². The van der Waals surface area contributed by atoms with E-state index < -0.39 is 0 Å². The van der Waals surface area contributed by atoms with Crippen LogP contribution in [0.2, 0.25) is 0 Å². The third-order valence-electron chi connectivity index (χ3n) is 3.98. The van der Waals surface area contributed by atoms with E-state index in [0.717, 1.165) is 38.6 Å². The third-order valence-corrected chi connectivity index (χ3v) is 3.98. The molecule has 0 bridgehead atoms. The molecular weight excluding hydrogens is 228 g/mol. The van der Waals surface area contributed by atoms with Crippen molar-refractivity contribution in [2.45, 2.75) is 57.4 Å². The minimum Gasteiger partial charge on any atom is -0.396 e. The molecule has 3 N–H and O–H groups in total. The largest absolute Gasteiger partial charge is 0.396 e. The highest BCUT2D eigenvalue weighted by molar-refractivity contribution is 5.76. The number of amides is 1. The number of carbonyl (C=O) groups is 1. The Morgan fingerprint density at radius 2 is 2.00 bits per heavy atom. The van der Waals surface area contributed by atoms with Gasteiger partial charge in [0.25, 0.3) is 0 Å². The normalized spacial score (nSPS) is 23.9. The first-order chi connectivity index (χ1) is 8.65. The van der Waals surface area contributed by atoms with Crippen LogP contribution < -0.4 is 5.73 Å². The summed E-state index contributed by atoms with van der Waals surface area (Å²) < 4.78 is 0. The third kappa shape index (κ3) is 5.36. The zero-order chi connectivity index (χ0) is 13.4. The molecule has 0 saturated heterocycles. The van der Waals surface area contributed by atoms with Gasteiger partial charge < -0.3 is 15.7 Å². The molecule has 1 aliphatic rings. The van der Waals surface area contributed by atoms with Gasteiger partial charge in [0.2, 0.25) is 5.91 Å². The van der Waals surface area contributed by atoms with Gasteiger partial charge in [-0.25, -0.2) is 0 Å². The standard InChI is InChI=1S/C14H28N2O2/c1-16(9-5-2-6-10-17)14(18)11-12-7-3-4-8-13(12)15/h12-13,17H,2-11,15H2,1H3. The SMILES string of the molecule is CN(CCCCCO)C(=O)CC1CCCCC1N. The lowest BCUT2D eigenvalue weighted by molar-refractivity contribution is -0.131. The molecule has 0 radical (unpaired) electrons. The van der Waals surface area contributed by atoms with Crippen molar-refractivity contribution < 1.29 is 9.90 Å². The average Bonchev–Trinajstić information content (AvgIpc) is 2.37. The lowest BCUT2D eigenvalue weighted by Gasteiger charge is -2.29. The monoisotopic (exact) mass is 256 g/mol. The van der Waals surface area contributed by atoms with Gasteiger partial charge in [-0.05, 0) is 38.0 Å². The Labute approximate surface area is 111 Å². The summed E-state index contributed by atoms with van der Waals surface area (Å²) in [6, 6.07) is 0.213. The van der Waals surface area contributed by atoms with Crippen molar-refractivity contribution in [1.82, 2.24) is 4.90 Å². The fourth-order valence-electron chi connectivity index (χ4n) is 2.63. The van der Waals surface area contributed by atoms with Crippen molar-refractivity contribution in [3.63, 3.8) is 0 Å². The molecule has 0 spiro atoms. The molecule has 1 saturated carbocycles. The summed E-state index contributed by atoms with van der Waals surface area (Å²) in [6.45, 7) is 1.04. The summed E-state index contributed by atoms with van der Waals surface area (Å²) in [5.74, 6) is 0.604. The summed E-state index contributed by atoms with van der Waals surface area (Å²) in [5.41, 5.74) is 6.07. The van der Waals surface area contributed by atoms with Crippen LogP contribution >= 0.6 is 0 Å². The quantitative estimate of drug-likeness (QED) is 0.679. The number of aliphatic hydroxyl groups excluding tert-OH is 1. The topological polar surface area (TPSA) is 66.6 Å². The van der Waals surface area contributed by atoms with Gasteiger partial charge >= 0.3 is 0 Å².